The highest BCUT2D eigenvalue weighted by molar-refractivity contribution is 6.01. The molecule has 0 bridgehead atoms. The van der Waals surface area contributed by atoms with E-state index in [-0.39, 0.29) is 0 Å². The van der Waals surface area contributed by atoms with Crippen LogP contribution < -0.4 is 10.6 Å². The van der Waals surface area contributed by atoms with Gasteiger partial charge in [-0.25, -0.2) is 19.3 Å². The minimum atomic E-state index is 0.749. The van der Waals surface area contributed by atoms with Crippen LogP contribution in [0, 0.1) is 0 Å². The molecule has 0 aliphatic carbocycles. The van der Waals surface area contributed by atoms with Gasteiger partial charge < -0.3 is 10.6 Å². The number of rotatable bonds is 4. The van der Waals surface area contributed by atoms with Gasteiger partial charge in [0.25, 0.3) is 0 Å². The molecule has 9 heteroatoms. The van der Waals surface area contributed by atoms with Crippen LogP contribution >= 0.6 is 0 Å². The summed E-state index contributed by atoms with van der Waals surface area (Å²) in [5.74, 6) is 4.16. The lowest BCUT2D eigenvalue weighted by molar-refractivity contribution is 0.654. The summed E-state index contributed by atoms with van der Waals surface area (Å²) in [4.78, 5) is 19.2. The maximum atomic E-state index is 4.93. The van der Waals surface area contributed by atoms with Gasteiger partial charge in [0, 0.05) is 19.3 Å². The Bertz CT molecular complexity index is 1460. The number of amidine groups is 2. The van der Waals surface area contributed by atoms with Gasteiger partial charge in [-0.3, -0.25) is 14.6 Å². The fourth-order valence-electron chi connectivity index (χ4n) is 4.61. The molecule has 0 fully saturated rings. The van der Waals surface area contributed by atoms with Gasteiger partial charge in [-0.2, -0.15) is 0 Å². The van der Waals surface area contributed by atoms with Crippen molar-refractivity contribution in [1.29, 1.82) is 0 Å². The van der Waals surface area contributed by atoms with Gasteiger partial charge in [0.1, 0.15) is 5.82 Å². The standard InChI is InChI=1S/C24H21N9/c1-3-8-18-16(6-1)29-23(21-25-11-12-26-21)32(18)20-10-5-15-31(20)33-19-9-4-2-7-17(19)30-24(33)22-27-13-14-28-22/h1-10,15H,11-14H2,(H,25,26)(H,27,28). The lowest BCUT2D eigenvalue weighted by Crippen LogP contribution is -2.27. The minimum Gasteiger partial charge on any atom is -0.365 e. The molecule has 0 radical (unpaired) electrons. The molecule has 0 unspecified atom stereocenters. The van der Waals surface area contributed by atoms with Crippen LogP contribution in [-0.2, 0) is 0 Å². The Balaban J connectivity index is 1.52. The van der Waals surface area contributed by atoms with Crippen molar-refractivity contribution in [1.82, 2.24) is 34.5 Å². The van der Waals surface area contributed by atoms with Gasteiger partial charge in [0.05, 0.1) is 35.2 Å². The van der Waals surface area contributed by atoms with Gasteiger partial charge >= 0.3 is 0 Å². The number of imidazole rings is 2. The summed E-state index contributed by atoms with van der Waals surface area (Å²) in [6, 6.07) is 20.5. The van der Waals surface area contributed by atoms with Crippen LogP contribution in [0.25, 0.3) is 27.9 Å². The van der Waals surface area contributed by atoms with Crippen molar-refractivity contribution in [3.05, 3.63) is 78.5 Å². The third-order valence-electron chi connectivity index (χ3n) is 6.02. The van der Waals surface area contributed by atoms with Crippen molar-refractivity contribution in [2.24, 2.45) is 9.98 Å². The third kappa shape index (κ3) is 2.72. The van der Waals surface area contributed by atoms with Crippen molar-refractivity contribution in [3.63, 3.8) is 0 Å². The zero-order valence-corrected chi connectivity index (χ0v) is 17.8. The average Bonchev–Trinajstić information content (AvgIpc) is 3.65. The fraction of sp³-hybridized carbons (Fsp3) is 0.167. The number of hydrogen-bond acceptors (Lipinski definition) is 6. The molecule has 7 rings (SSSR count). The monoisotopic (exact) mass is 435 g/mol. The number of fused-ring (bicyclic) bond motifs is 2. The van der Waals surface area contributed by atoms with Crippen molar-refractivity contribution >= 4 is 33.7 Å². The molecule has 162 valence electrons. The number of nitrogens with one attached hydrogen (secondary N) is 2. The molecule has 2 N–H and O–H groups in total. The molecule has 9 nitrogen and oxygen atoms in total. The lowest BCUT2D eigenvalue weighted by atomic mass is 10.3. The third-order valence-corrected chi connectivity index (χ3v) is 6.02. The second-order valence-electron chi connectivity index (χ2n) is 8.02. The van der Waals surface area contributed by atoms with Crippen LogP contribution in [-0.4, -0.2) is 61.7 Å². The number of aliphatic imine (C=N–C) groups is 2. The topological polar surface area (TPSA) is 89.4 Å². The quantitative estimate of drug-likeness (QED) is 0.453. The highest BCUT2D eigenvalue weighted by Gasteiger charge is 2.24. The SMILES string of the molecule is c1ccc2c(c1)nc(C1=NCCN1)n2-c1cccn1-n1c(C2=NCCN2)nc2ccccc21. The van der Waals surface area contributed by atoms with E-state index in [0.29, 0.717) is 0 Å². The summed E-state index contributed by atoms with van der Waals surface area (Å²) < 4.78 is 6.39. The zero-order chi connectivity index (χ0) is 21.8. The molecule has 2 aliphatic heterocycles. The maximum absolute atomic E-state index is 4.93. The van der Waals surface area contributed by atoms with E-state index in [1.54, 1.807) is 0 Å². The van der Waals surface area contributed by atoms with E-state index in [0.717, 1.165) is 77.4 Å². The van der Waals surface area contributed by atoms with Crippen molar-refractivity contribution < 1.29 is 0 Å². The van der Waals surface area contributed by atoms with Crippen LogP contribution in [0.4, 0.5) is 0 Å². The first-order chi connectivity index (χ1) is 16.4. The predicted molar refractivity (Wildman–Crippen MR) is 128 cm³/mol. The van der Waals surface area contributed by atoms with E-state index in [2.05, 4.69) is 52.7 Å². The van der Waals surface area contributed by atoms with Gasteiger partial charge in [-0.1, -0.05) is 24.3 Å². The van der Waals surface area contributed by atoms with Gasteiger partial charge in [-0.05, 0) is 36.4 Å². The summed E-state index contributed by atoms with van der Waals surface area (Å²) in [6.45, 7) is 3.14. The highest BCUT2D eigenvalue weighted by Crippen LogP contribution is 2.25. The highest BCUT2D eigenvalue weighted by atomic mass is 15.5. The first-order valence-corrected chi connectivity index (χ1v) is 11.1. The number of para-hydroxylation sites is 4. The van der Waals surface area contributed by atoms with Gasteiger partial charge in [0.15, 0.2) is 23.3 Å². The van der Waals surface area contributed by atoms with Gasteiger partial charge in [0.2, 0.25) is 0 Å². The molecule has 0 amide bonds. The molecule has 0 spiro atoms. The summed E-state index contributed by atoms with van der Waals surface area (Å²) in [5.41, 5.74) is 3.87. The number of nitrogens with zero attached hydrogens (tertiary/aromatic N) is 7. The molecule has 3 aromatic heterocycles. The summed E-state index contributed by atoms with van der Waals surface area (Å²) >= 11 is 0. The van der Waals surface area contributed by atoms with Crippen molar-refractivity contribution in [2.45, 2.75) is 0 Å². The Morgan fingerprint density at radius 1 is 0.667 bits per heavy atom. The summed E-state index contributed by atoms with van der Waals surface area (Å²) in [5, 5.41) is 6.77. The largest absolute Gasteiger partial charge is 0.365 e. The Morgan fingerprint density at radius 3 is 2.03 bits per heavy atom. The Morgan fingerprint density at radius 2 is 1.30 bits per heavy atom. The second-order valence-corrected chi connectivity index (χ2v) is 8.02. The van der Waals surface area contributed by atoms with E-state index < -0.39 is 0 Å². The Labute approximate surface area is 189 Å². The van der Waals surface area contributed by atoms with Crippen LogP contribution in [0.5, 0.6) is 0 Å². The Hall–Kier alpha value is -4.40. The molecule has 5 heterocycles. The molecule has 0 atom stereocenters. The molecule has 33 heavy (non-hydrogen) atoms. The average molecular weight is 435 g/mol. The molecule has 0 saturated carbocycles. The van der Waals surface area contributed by atoms with Crippen LogP contribution in [0.3, 0.4) is 0 Å². The molecule has 0 saturated heterocycles. The van der Waals surface area contributed by atoms with Crippen LogP contribution in [0.1, 0.15) is 11.6 Å². The fourth-order valence-corrected chi connectivity index (χ4v) is 4.61. The van der Waals surface area contributed by atoms with Crippen LogP contribution in [0.2, 0.25) is 0 Å². The normalized spacial score (nSPS) is 15.6. The van der Waals surface area contributed by atoms with E-state index in [4.69, 9.17) is 9.97 Å². The summed E-state index contributed by atoms with van der Waals surface area (Å²) in [6.07, 6.45) is 2.05. The molecular weight excluding hydrogens is 414 g/mol. The molecular formula is C24H21N9. The first-order valence-electron chi connectivity index (χ1n) is 11.1. The van der Waals surface area contributed by atoms with Crippen LogP contribution in [0.15, 0.2) is 76.8 Å². The molecule has 2 aromatic carbocycles. The molecule has 2 aliphatic rings. The van der Waals surface area contributed by atoms with E-state index >= 15 is 0 Å². The minimum absolute atomic E-state index is 0.749. The van der Waals surface area contributed by atoms with Crippen molar-refractivity contribution in [2.75, 3.05) is 26.2 Å². The summed E-state index contributed by atoms with van der Waals surface area (Å²) in [7, 11) is 0. The number of aromatic nitrogens is 5. The van der Waals surface area contributed by atoms with E-state index in [1.165, 1.54) is 0 Å². The van der Waals surface area contributed by atoms with E-state index in [9.17, 15) is 0 Å². The smallest absolute Gasteiger partial charge is 0.196 e. The van der Waals surface area contributed by atoms with Gasteiger partial charge in [-0.15, -0.1) is 0 Å². The van der Waals surface area contributed by atoms with Crippen molar-refractivity contribution in [3.8, 4) is 5.82 Å². The first kappa shape index (κ1) is 18.2. The predicted octanol–water partition coefficient (Wildman–Crippen LogP) is 2.19. The number of hydrogen-bond donors (Lipinski definition) is 2. The maximum Gasteiger partial charge on any atom is 0.196 e. The zero-order valence-electron chi connectivity index (χ0n) is 17.8. The lowest BCUT2D eigenvalue weighted by Gasteiger charge is -2.17. The second kappa shape index (κ2) is 7.06. The van der Waals surface area contributed by atoms with E-state index in [1.807, 2.05) is 48.7 Å². The number of benzene rings is 2. The molecule has 5 aromatic rings. The Kier molecular flexibility index (Phi) is 3.89.